The molecule has 0 amide bonds. The number of nitrogens with zero attached hydrogens (tertiary/aromatic N) is 1. The molecule has 2 heteroatoms. The fraction of sp³-hybridized carbons (Fsp3) is 0.333. The molecule has 0 aromatic heterocycles. The lowest BCUT2D eigenvalue weighted by Crippen LogP contribution is -2.37. The van der Waals surface area contributed by atoms with Gasteiger partial charge in [0.2, 0.25) is 0 Å². The Morgan fingerprint density at radius 1 is 1.18 bits per heavy atom. The van der Waals surface area contributed by atoms with Crippen LogP contribution >= 0.6 is 0 Å². The minimum atomic E-state index is 0.575. The first-order valence-corrected chi connectivity index (χ1v) is 6.09. The Labute approximate surface area is 104 Å². The summed E-state index contributed by atoms with van der Waals surface area (Å²) in [5.74, 6) is 1.49. The summed E-state index contributed by atoms with van der Waals surface area (Å²) in [6.07, 6.45) is 0.963. The fourth-order valence-corrected chi connectivity index (χ4v) is 2.04. The number of rotatable bonds is 2. The zero-order valence-corrected chi connectivity index (χ0v) is 10.7. The Morgan fingerprint density at radius 3 is 2.35 bits per heavy atom. The summed E-state index contributed by atoms with van der Waals surface area (Å²) in [6.45, 7) is 13.3. The van der Waals surface area contributed by atoms with E-state index in [9.17, 15) is 0 Å². The van der Waals surface area contributed by atoms with Gasteiger partial charge in [0.15, 0.2) is 0 Å². The van der Waals surface area contributed by atoms with Gasteiger partial charge in [-0.3, -0.25) is 0 Å². The van der Waals surface area contributed by atoms with Crippen molar-refractivity contribution in [2.75, 3.05) is 11.4 Å². The van der Waals surface area contributed by atoms with Crippen LogP contribution in [-0.2, 0) is 0 Å². The van der Waals surface area contributed by atoms with Gasteiger partial charge in [-0.05, 0) is 23.6 Å². The summed E-state index contributed by atoms with van der Waals surface area (Å²) in [7, 11) is 0. The van der Waals surface area contributed by atoms with Crippen molar-refractivity contribution in [3.63, 3.8) is 0 Å². The molecule has 1 aromatic rings. The number of benzene rings is 1. The number of hydrogen-bond acceptors (Lipinski definition) is 2. The molecule has 1 N–H and O–H groups in total. The molecule has 90 valence electrons. The van der Waals surface area contributed by atoms with Crippen LogP contribution in [-0.4, -0.2) is 6.54 Å². The van der Waals surface area contributed by atoms with Crippen LogP contribution in [0.2, 0.25) is 0 Å². The zero-order chi connectivity index (χ0) is 12.4. The number of nitrogens with one attached hydrogen (secondary N) is 1. The first kappa shape index (κ1) is 11.8. The van der Waals surface area contributed by atoms with E-state index in [-0.39, 0.29) is 0 Å². The molecular weight excluding hydrogens is 208 g/mol. The molecule has 1 saturated heterocycles. The van der Waals surface area contributed by atoms with Crippen molar-refractivity contribution in [3.8, 4) is 0 Å². The first-order valence-electron chi connectivity index (χ1n) is 6.09. The summed E-state index contributed by atoms with van der Waals surface area (Å²) >= 11 is 0. The van der Waals surface area contributed by atoms with Crippen molar-refractivity contribution in [1.82, 2.24) is 5.32 Å². The topological polar surface area (TPSA) is 15.3 Å². The highest BCUT2D eigenvalue weighted by molar-refractivity contribution is 5.53. The highest BCUT2D eigenvalue weighted by Gasteiger charge is 2.16. The van der Waals surface area contributed by atoms with E-state index in [0.29, 0.717) is 5.92 Å². The van der Waals surface area contributed by atoms with Gasteiger partial charge in [-0.1, -0.05) is 39.1 Å². The smallest absolute Gasteiger partial charge is 0.103 e. The Bertz CT molecular complexity index is 429. The van der Waals surface area contributed by atoms with Gasteiger partial charge in [-0.25, -0.2) is 0 Å². The van der Waals surface area contributed by atoms with E-state index in [1.807, 2.05) is 0 Å². The van der Waals surface area contributed by atoms with Crippen molar-refractivity contribution in [2.24, 2.45) is 0 Å². The van der Waals surface area contributed by atoms with E-state index in [2.05, 4.69) is 61.5 Å². The molecule has 2 rings (SSSR count). The average molecular weight is 228 g/mol. The Morgan fingerprint density at radius 2 is 1.82 bits per heavy atom. The maximum atomic E-state index is 4.03. The second kappa shape index (κ2) is 4.66. The largest absolute Gasteiger partial charge is 0.346 e. The molecule has 0 radical (unpaired) electrons. The van der Waals surface area contributed by atoms with Gasteiger partial charge < -0.3 is 10.2 Å². The second-order valence-electron chi connectivity index (χ2n) is 4.82. The SMILES string of the molecule is C=C1CCN(c2ccc(C(C)C)cc2)C(=C)N1. The molecule has 1 fully saturated rings. The molecule has 1 aliphatic rings. The predicted molar refractivity (Wildman–Crippen MR) is 73.9 cm³/mol. The predicted octanol–water partition coefficient (Wildman–Crippen LogP) is 3.59. The monoisotopic (exact) mass is 228 g/mol. The van der Waals surface area contributed by atoms with Crippen molar-refractivity contribution in [3.05, 3.63) is 54.5 Å². The van der Waals surface area contributed by atoms with Crippen LogP contribution in [0.5, 0.6) is 0 Å². The highest BCUT2D eigenvalue weighted by Crippen LogP contribution is 2.24. The van der Waals surface area contributed by atoms with E-state index >= 15 is 0 Å². The van der Waals surface area contributed by atoms with Crippen LogP contribution in [0.1, 0.15) is 31.7 Å². The van der Waals surface area contributed by atoms with Crippen molar-refractivity contribution in [2.45, 2.75) is 26.2 Å². The zero-order valence-electron chi connectivity index (χ0n) is 10.7. The van der Waals surface area contributed by atoms with Crippen LogP contribution in [0, 0.1) is 0 Å². The molecule has 1 heterocycles. The molecule has 2 nitrogen and oxygen atoms in total. The van der Waals surface area contributed by atoms with Crippen molar-refractivity contribution >= 4 is 5.69 Å². The Kier molecular flexibility index (Phi) is 3.23. The lowest BCUT2D eigenvalue weighted by Gasteiger charge is -2.33. The van der Waals surface area contributed by atoms with Crippen LogP contribution in [0.15, 0.2) is 48.9 Å². The Hall–Kier alpha value is -1.70. The normalized spacial score (nSPS) is 16.3. The standard InChI is InChI=1S/C15H20N2/c1-11(2)14-5-7-15(8-6-14)17-10-9-12(3)16-13(17)4/h5-8,11,16H,3-4,9-10H2,1-2H3. The Balaban J connectivity index is 2.17. The fourth-order valence-electron chi connectivity index (χ4n) is 2.04. The van der Waals surface area contributed by atoms with Gasteiger partial charge in [-0.2, -0.15) is 0 Å². The molecule has 1 aromatic carbocycles. The van der Waals surface area contributed by atoms with Gasteiger partial charge in [-0.15, -0.1) is 0 Å². The summed E-state index contributed by atoms with van der Waals surface area (Å²) in [6, 6.07) is 8.71. The van der Waals surface area contributed by atoms with E-state index in [1.165, 1.54) is 11.3 Å². The number of anilines is 1. The molecule has 0 unspecified atom stereocenters. The van der Waals surface area contributed by atoms with Crippen LogP contribution in [0.3, 0.4) is 0 Å². The third-order valence-electron chi connectivity index (χ3n) is 3.16. The van der Waals surface area contributed by atoms with Gasteiger partial charge in [0.25, 0.3) is 0 Å². The lowest BCUT2D eigenvalue weighted by molar-refractivity contribution is 0.710. The van der Waals surface area contributed by atoms with Gasteiger partial charge >= 0.3 is 0 Å². The molecule has 0 bridgehead atoms. The number of hydrogen-bond donors (Lipinski definition) is 1. The molecular formula is C15H20N2. The van der Waals surface area contributed by atoms with Gasteiger partial charge in [0.05, 0.1) is 0 Å². The summed E-state index contributed by atoms with van der Waals surface area (Å²) in [5, 5.41) is 3.20. The third-order valence-corrected chi connectivity index (χ3v) is 3.16. The molecule has 0 atom stereocenters. The van der Waals surface area contributed by atoms with Crippen molar-refractivity contribution in [1.29, 1.82) is 0 Å². The molecule has 17 heavy (non-hydrogen) atoms. The highest BCUT2D eigenvalue weighted by atomic mass is 15.3. The molecule has 0 saturated carbocycles. The average Bonchev–Trinajstić information content (AvgIpc) is 2.29. The third kappa shape index (κ3) is 2.52. The molecule has 0 aliphatic carbocycles. The van der Waals surface area contributed by atoms with E-state index in [0.717, 1.165) is 24.5 Å². The van der Waals surface area contributed by atoms with E-state index in [1.54, 1.807) is 0 Å². The maximum Gasteiger partial charge on any atom is 0.103 e. The van der Waals surface area contributed by atoms with E-state index in [4.69, 9.17) is 0 Å². The quantitative estimate of drug-likeness (QED) is 0.832. The minimum absolute atomic E-state index is 0.575. The summed E-state index contributed by atoms with van der Waals surface area (Å²) in [4.78, 5) is 2.19. The van der Waals surface area contributed by atoms with Gasteiger partial charge in [0.1, 0.15) is 5.82 Å². The van der Waals surface area contributed by atoms with E-state index < -0.39 is 0 Å². The van der Waals surface area contributed by atoms with Gasteiger partial charge in [0, 0.05) is 24.4 Å². The summed E-state index contributed by atoms with van der Waals surface area (Å²) < 4.78 is 0. The molecule has 1 aliphatic heterocycles. The second-order valence-corrected chi connectivity index (χ2v) is 4.82. The minimum Gasteiger partial charge on any atom is -0.346 e. The van der Waals surface area contributed by atoms with Crippen LogP contribution < -0.4 is 10.2 Å². The van der Waals surface area contributed by atoms with Crippen LogP contribution in [0.4, 0.5) is 5.69 Å². The lowest BCUT2D eigenvalue weighted by atomic mass is 10.0. The summed E-state index contributed by atoms with van der Waals surface area (Å²) in [5.41, 5.74) is 3.61. The van der Waals surface area contributed by atoms with Crippen molar-refractivity contribution < 1.29 is 0 Å². The molecule has 0 spiro atoms. The maximum absolute atomic E-state index is 4.03. The first-order chi connectivity index (χ1) is 8.08. The van der Waals surface area contributed by atoms with Crippen LogP contribution in [0.25, 0.3) is 0 Å².